The lowest BCUT2D eigenvalue weighted by atomic mass is 10.1. The lowest BCUT2D eigenvalue weighted by molar-refractivity contribution is 0.436. The fourth-order valence-corrected chi connectivity index (χ4v) is 1.94. The summed E-state index contributed by atoms with van der Waals surface area (Å²) in [5.41, 5.74) is 5.08. The number of halogens is 3. The van der Waals surface area contributed by atoms with E-state index in [1.807, 2.05) is 0 Å². The third-order valence-corrected chi connectivity index (χ3v) is 2.99. The normalized spacial score (nSPS) is 10.8. The van der Waals surface area contributed by atoms with Gasteiger partial charge in [-0.05, 0) is 12.3 Å². The number of hydrogen-bond acceptors (Lipinski definition) is 4. The smallest absolute Gasteiger partial charge is 0.230 e. The van der Waals surface area contributed by atoms with Gasteiger partial charge in [0.15, 0.2) is 11.6 Å². The Hall–Kier alpha value is -1.63. The molecule has 2 rings (SSSR count). The van der Waals surface area contributed by atoms with Crippen LogP contribution in [0.4, 0.5) is 19.1 Å². The van der Waals surface area contributed by atoms with Crippen LogP contribution in [0.3, 0.4) is 0 Å². The first-order valence-electron chi connectivity index (χ1n) is 4.48. The molecule has 0 aliphatic carbocycles. The minimum atomic E-state index is -1.24. The zero-order valence-electron chi connectivity index (χ0n) is 8.63. The Morgan fingerprint density at radius 2 is 1.94 bits per heavy atom. The van der Waals surface area contributed by atoms with E-state index in [-0.39, 0.29) is 21.9 Å². The summed E-state index contributed by atoms with van der Waals surface area (Å²) in [7, 11) is 0. The van der Waals surface area contributed by atoms with Gasteiger partial charge in [-0.15, -0.1) is 11.8 Å². The van der Waals surface area contributed by atoms with E-state index in [0.29, 0.717) is 0 Å². The van der Waals surface area contributed by atoms with Gasteiger partial charge in [0.1, 0.15) is 5.82 Å². The lowest BCUT2D eigenvalue weighted by Crippen LogP contribution is -1.97. The van der Waals surface area contributed by atoms with Gasteiger partial charge in [-0.3, -0.25) is 0 Å². The standard InChI is InChI=1S/C10H7F3N2OS/c1-17-9-6(11)2-4(7(12)8(9)13)5-3-15-16-10(5)14/h2-3H,14H2,1H3. The van der Waals surface area contributed by atoms with Crippen LogP contribution in [-0.2, 0) is 0 Å². The molecule has 0 unspecified atom stereocenters. The summed E-state index contributed by atoms with van der Waals surface area (Å²) in [4.78, 5) is -0.374. The Kier molecular flexibility index (Phi) is 3.01. The molecule has 7 heteroatoms. The summed E-state index contributed by atoms with van der Waals surface area (Å²) >= 11 is 0.786. The van der Waals surface area contributed by atoms with Crippen molar-refractivity contribution in [3.8, 4) is 11.1 Å². The van der Waals surface area contributed by atoms with E-state index in [9.17, 15) is 13.2 Å². The number of hydrogen-bond donors (Lipinski definition) is 1. The van der Waals surface area contributed by atoms with Crippen LogP contribution in [0.2, 0.25) is 0 Å². The summed E-state index contributed by atoms with van der Waals surface area (Å²) in [6, 6.07) is 0.868. The second-order valence-electron chi connectivity index (χ2n) is 3.17. The minimum Gasteiger partial charge on any atom is -0.367 e. The van der Waals surface area contributed by atoms with Crippen molar-refractivity contribution < 1.29 is 17.7 Å². The molecular formula is C10H7F3N2OS. The molecule has 0 bridgehead atoms. The number of benzene rings is 1. The van der Waals surface area contributed by atoms with Crippen LogP contribution >= 0.6 is 11.8 Å². The Morgan fingerprint density at radius 1 is 1.24 bits per heavy atom. The molecule has 2 aromatic rings. The molecule has 0 radical (unpaired) electrons. The van der Waals surface area contributed by atoms with E-state index in [4.69, 9.17) is 5.73 Å². The molecule has 2 N–H and O–H groups in total. The van der Waals surface area contributed by atoms with E-state index >= 15 is 0 Å². The van der Waals surface area contributed by atoms with Gasteiger partial charge in [0.25, 0.3) is 0 Å². The molecule has 0 amide bonds. The van der Waals surface area contributed by atoms with E-state index in [0.717, 1.165) is 24.0 Å². The highest BCUT2D eigenvalue weighted by Crippen LogP contribution is 2.34. The fourth-order valence-electron chi connectivity index (χ4n) is 1.41. The summed E-state index contributed by atoms with van der Waals surface area (Å²) in [6.07, 6.45) is 2.56. The predicted molar refractivity (Wildman–Crippen MR) is 58.0 cm³/mol. The van der Waals surface area contributed by atoms with Crippen LogP contribution < -0.4 is 5.73 Å². The zero-order chi connectivity index (χ0) is 12.6. The van der Waals surface area contributed by atoms with Gasteiger partial charge in [0, 0.05) is 5.56 Å². The summed E-state index contributed by atoms with van der Waals surface area (Å²) in [6.45, 7) is 0. The highest BCUT2D eigenvalue weighted by atomic mass is 32.2. The van der Waals surface area contributed by atoms with Crippen molar-refractivity contribution >= 4 is 17.6 Å². The van der Waals surface area contributed by atoms with Crippen LogP contribution in [0.1, 0.15) is 0 Å². The number of nitrogens with zero attached hydrogens (tertiary/aromatic N) is 1. The zero-order valence-corrected chi connectivity index (χ0v) is 9.45. The molecule has 17 heavy (non-hydrogen) atoms. The van der Waals surface area contributed by atoms with Gasteiger partial charge in [-0.1, -0.05) is 5.16 Å². The van der Waals surface area contributed by atoms with Crippen molar-refractivity contribution in [2.45, 2.75) is 4.90 Å². The average Bonchev–Trinajstić information content (AvgIpc) is 2.71. The van der Waals surface area contributed by atoms with Gasteiger partial charge in [0.2, 0.25) is 5.88 Å². The SMILES string of the molecule is CSc1c(F)cc(-c2cnoc2N)c(F)c1F. The molecule has 0 saturated heterocycles. The van der Waals surface area contributed by atoms with Crippen LogP contribution in [0.25, 0.3) is 11.1 Å². The van der Waals surface area contributed by atoms with Crippen molar-refractivity contribution in [3.63, 3.8) is 0 Å². The largest absolute Gasteiger partial charge is 0.367 e. The second-order valence-corrected chi connectivity index (χ2v) is 3.99. The molecule has 0 spiro atoms. The van der Waals surface area contributed by atoms with E-state index in [2.05, 4.69) is 9.68 Å². The molecule has 0 fully saturated rings. The van der Waals surface area contributed by atoms with Gasteiger partial charge in [0.05, 0.1) is 16.7 Å². The van der Waals surface area contributed by atoms with Crippen LogP contribution in [0, 0.1) is 17.5 Å². The van der Waals surface area contributed by atoms with Gasteiger partial charge >= 0.3 is 0 Å². The van der Waals surface area contributed by atoms with E-state index in [1.54, 1.807) is 0 Å². The number of anilines is 1. The average molecular weight is 260 g/mol. The number of rotatable bonds is 2. The van der Waals surface area contributed by atoms with Gasteiger partial charge in [-0.2, -0.15) is 0 Å². The monoisotopic (exact) mass is 260 g/mol. The van der Waals surface area contributed by atoms with Crippen LogP contribution in [0.5, 0.6) is 0 Å². The number of nitrogens with two attached hydrogens (primary N) is 1. The molecular weight excluding hydrogens is 253 g/mol. The van der Waals surface area contributed by atoms with Crippen molar-refractivity contribution in [1.29, 1.82) is 0 Å². The number of thioether (sulfide) groups is 1. The highest BCUT2D eigenvalue weighted by molar-refractivity contribution is 7.98. The quantitative estimate of drug-likeness (QED) is 0.666. The molecule has 90 valence electrons. The Labute approximate surface area is 98.8 Å². The molecule has 0 aliphatic heterocycles. The second kappa shape index (κ2) is 4.33. The predicted octanol–water partition coefficient (Wildman–Crippen LogP) is 3.06. The third kappa shape index (κ3) is 1.86. The maximum Gasteiger partial charge on any atom is 0.230 e. The Morgan fingerprint density at radius 3 is 2.47 bits per heavy atom. The molecule has 0 saturated carbocycles. The Balaban J connectivity index is 2.69. The molecule has 1 aromatic heterocycles. The molecule has 0 atom stereocenters. The van der Waals surface area contributed by atoms with E-state index < -0.39 is 17.5 Å². The van der Waals surface area contributed by atoms with Crippen molar-refractivity contribution in [2.24, 2.45) is 0 Å². The van der Waals surface area contributed by atoms with Crippen LogP contribution in [-0.4, -0.2) is 11.4 Å². The van der Waals surface area contributed by atoms with Crippen molar-refractivity contribution in [3.05, 3.63) is 29.7 Å². The van der Waals surface area contributed by atoms with Gasteiger partial charge < -0.3 is 10.3 Å². The summed E-state index contributed by atoms with van der Waals surface area (Å²) in [5.74, 6) is -3.47. The summed E-state index contributed by atoms with van der Waals surface area (Å²) < 4.78 is 45.2. The molecule has 0 aliphatic rings. The third-order valence-electron chi connectivity index (χ3n) is 2.21. The van der Waals surface area contributed by atoms with E-state index in [1.165, 1.54) is 6.26 Å². The molecule has 1 aromatic carbocycles. The lowest BCUT2D eigenvalue weighted by Gasteiger charge is -2.07. The minimum absolute atomic E-state index is 0.0213. The molecule has 1 heterocycles. The summed E-state index contributed by atoms with van der Waals surface area (Å²) in [5, 5.41) is 3.32. The van der Waals surface area contributed by atoms with Crippen molar-refractivity contribution in [2.75, 3.05) is 12.0 Å². The number of aromatic nitrogens is 1. The Bertz CT molecular complexity index is 571. The van der Waals surface area contributed by atoms with Crippen LogP contribution in [0.15, 0.2) is 21.7 Å². The number of nitrogen functional groups attached to an aromatic ring is 1. The maximum atomic E-state index is 13.7. The van der Waals surface area contributed by atoms with Crippen molar-refractivity contribution in [1.82, 2.24) is 5.16 Å². The maximum absolute atomic E-state index is 13.7. The van der Waals surface area contributed by atoms with Gasteiger partial charge in [-0.25, -0.2) is 13.2 Å². The molecule has 3 nitrogen and oxygen atoms in total. The first-order chi connectivity index (χ1) is 8.06. The first-order valence-corrected chi connectivity index (χ1v) is 5.70. The first kappa shape index (κ1) is 11.8. The topological polar surface area (TPSA) is 52.0 Å². The fraction of sp³-hybridized carbons (Fsp3) is 0.100. The highest BCUT2D eigenvalue weighted by Gasteiger charge is 2.21.